The first-order valence-corrected chi connectivity index (χ1v) is 15.1. The van der Waals surface area contributed by atoms with Crippen molar-refractivity contribution in [2.45, 2.75) is 42.9 Å². The normalized spacial score (nSPS) is 29.6. The summed E-state index contributed by atoms with van der Waals surface area (Å²) in [5.74, 6) is -2.49. The molecule has 0 bridgehead atoms. The maximum Gasteiger partial charge on any atom is 0.338 e. The van der Waals surface area contributed by atoms with Gasteiger partial charge in [-0.3, -0.25) is 0 Å². The molecule has 3 aromatic rings. The summed E-state index contributed by atoms with van der Waals surface area (Å²) >= 11 is 0. The molecule has 6 rings (SSSR count). The van der Waals surface area contributed by atoms with Crippen molar-refractivity contribution in [3.05, 3.63) is 65.2 Å². The van der Waals surface area contributed by atoms with E-state index >= 15 is 0 Å². The van der Waals surface area contributed by atoms with Crippen LogP contribution in [0.4, 0.5) is 0 Å². The van der Waals surface area contributed by atoms with Gasteiger partial charge in [0.25, 0.3) is 0 Å². The van der Waals surface area contributed by atoms with Crippen LogP contribution in [-0.4, -0.2) is 106 Å². The number of phenolic OH excluding ortho intramolecular Hbond substituents is 4. The molecule has 0 aromatic heterocycles. The Balaban J connectivity index is 1.13. The fourth-order valence-electron chi connectivity index (χ4n) is 6.30. The predicted molar refractivity (Wildman–Crippen MR) is 161 cm³/mol. The summed E-state index contributed by atoms with van der Waals surface area (Å²) in [4.78, 5) is 12.5. The lowest BCUT2D eigenvalue weighted by atomic mass is 9.85. The number of carbonyl (C=O) groups excluding carboxylic acids is 1. The molecule has 3 saturated heterocycles. The van der Waals surface area contributed by atoms with Gasteiger partial charge in [-0.15, -0.1) is 0 Å². The minimum absolute atomic E-state index is 0.0179. The number of aliphatic hydroxyl groups is 3. The number of aromatic hydroxyl groups is 4. The number of carbonyl (C=O) groups is 1. The number of phenols is 4. The van der Waals surface area contributed by atoms with E-state index in [-0.39, 0.29) is 46.9 Å². The minimum Gasteiger partial charge on any atom is -0.504 e. The Morgan fingerprint density at radius 1 is 0.729 bits per heavy atom. The monoisotopic (exact) mass is 672 g/mol. The summed E-state index contributed by atoms with van der Waals surface area (Å²) in [6.45, 7) is 0.268. The first-order valence-electron chi connectivity index (χ1n) is 15.1. The zero-order valence-electron chi connectivity index (χ0n) is 25.8. The number of fused-ring (bicyclic) bond motifs is 1. The number of hydrogen-bond acceptors (Lipinski definition) is 15. The lowest BCUT2D eigenvalue weighted by molar-refractivity contribution is -0.277. The molecule has 3 fully saturated rings. The second-order valence-electron chi connectivity index (χ2n) is 11.8. The highest BCUT2D eigenvalue weighted by Crippen LogP contribution is 2.51. The third kappa shape index (κ3) is 6.23. The van der Waals surface area contributed by atoms with Crippen LogP contribution < -0.4 is 14.2 Å². The zero-order chi connectivity index (χ0) is 34.3. The molecule has 0 saturated carbocycles. The summed E-state index contributed by atoms with van der Waals surface area (Å²) in [5.41, 5.74) is 1.35. The van der Waals surface area contributed by atoms with E-state index in [4.69, 9.17) is 33.2 Å². The van der Waals surface area contributed by atoms with E-state index in [0.29, 0.717) is 19.0 Å². The summed E-state index contributed by atoms with van der Waals surface area (Å²) in [7, 11) is 2.91. The quantitative estimate of drug-likeness (QED) is 0.127. The van der Waals surface area contributed by atoms with Crippen molar-refractivity contribution < 1.29 is 73.7 Å². The molecule has 7 N–H and O–H groups in total. The van der Waals surface area contributed by atoms with Crippen LogP contribution >= 0.6 is 0 Å². The van der Waals surface area contributed by atoms with Crippen molar-refractivity contribution in [1.29, 1.82) is 0 Å². The molecule has 258 valence electrons. The molecule has 15 nitrogen and oxygen atoms in total. The number of rotatable bonds is 9. The Kier molecular flexibility index (Phi) is 9.42. The molecular formula is C33H36O15. The van der Waals surface area contributed by atoms with Crippen LogP contribution in [0, 0.1) is 11.8 Å². The van der Waals surface area contributed by atoms with Gasteiger partial charge in [-0.25, -0.2) is 4.79 Å². The molecule has 3 heterocycles. The standard InChI is InChI=1S/C33H36O15/c1-42-23-9-14(3-5-19(23)34)30-17-11-45-31(18(17)12-44-30)15-4-6-22(24(10-15)43-2)47-33-29(40)28(39)27(38)25(48-33)13-46-32(41)16-7-20(35)26(37)21(36)8-16/h3-10,17-18,25,27-31,33-40H,11-13H2,1-2H3/t17-,18-,25+,27+,28-,29+,30+,31+,33+/m0/s1. The van der Waals surface area contributed by atoms with Crippen LogP contribution in [0.15, 0.2) is 48.5 Å². The van der Waals surface area contributed by atoms with Gasteiger partial charge >= 0.3 is 5.97 Å². The van der Waals surface area contributed by atoms with Gasteiger partial charge in [0, 0.05) is 11.8 Å². The van der Waals surface area contributed by atoms with Crippen molar-refractivity contribution in [3.8, 4) is 40.2 Å². The van der Waals surface area contributed by atoms with Crippen molar-refractivity contribution in [2.75, 3.05) is 34.0 Å². The molecular weight excluding hydrogens is 636 g/mol. The van der Waals surface area contributed by atoms with Gasteiger partial charge in [0.15, 0.2) is 40.2 Å². The highest BCUT2D eigenvalue weighted by molar-refractivity contribution is 5.91. The van der Waals surface area contributed by atoms with Crippen LogP contribution in [0.25, 0.3) is 0 Å². The van der Waals surface area contributed by atoms with Crippen LogP contribution in [0.5, 0.6) is 40.2 Å². The largest absolute Gasteiger partial charge is 0.504 e. The first kappa shape index (κ1) is 33.4. The molecule has 0 amide bonds. The predicted octanol–water partition coefficient (Wildman–Crippen LogP) is 1.64. The van der Waals surface area contributed by atoms with E-state index < -0.39 is 60.5 Å². The minimum atomic E-state index is -1.74. The summed E-state index contributed by atoms with van der Waals surface area (Å²) < 4.78 is 39.9. The van der Waals surface area contributed by atoms with E-state index in [1.165, 1.54) is 14.2 Å². The topological polar surface area (TPSA) is 223 Å². The van der Waals surface area contributed by atoms with Crippen LogP contribution in [-0.2, 0) is 18.9 Å². The number of esters is 1. The van der Waals surface area contributed by atoms with Gasteiger partial charge in [0.05, 0.1) is 45.2 Å². The van der Waals surface area contributed by atoms with Gasteiger partial charge in [-0.1, -0.05) is 12.1 Å². The van der Waals surface area contributed by atoms with Crippen molar-refractivity contribution >= 4 is 5.97 Å². The Labute approximate surface area is 274 Å². The number of aliphatic hydroxyl groups excluding tert-OH is 3. The maximum atomic E-state index is 12.5. The highest BCUT2D eigenvalue weighted by Gasteiger charge is 2.49. The molecule has 3 aromatic carbocycles. The Hall–Kier alpha value is -4.51. The number of hydrogen-bond donors (Lipinski definition) is 7. The average Bonchev–Trinajstić information content (AvgIpc) is 3.70. The Morgan fingerprint density at radius 2 is 1.31 bits per heavy atom. The first-order chi connectivity index (χ1) is 23.0. The molecule has 3 aliphatic rings. The van der Waals surface area contributed by atoms with Crippen molar-refractivity contribution in [3.63, 3.8) is 0 Å². The Morgan fingerprint density at radius 3 is 1.92 bits per heavy atom. The summed E-state index contributed by atoms with van der Waals surface area (Å²) in [5, 5.41) is 70.5. The third-order valence-electron chi connectivity index (χ3n) is 8.91. The number of ether oxygens (including phenoxy) is 7. The fraction of sp³-hybridized carbons (Fsp3) is 0.424. The molecule has 9 atom stereocenters. The lowest BCUT2D eigenvalue weighted by Gasteiger charge is -2.40. The highest BCUT2D eigenvalue weighted by atomic mass is 16.7. The fourth-order valence-corrected chi connectivity index (χ4v) is 6.30. The third-order valence-corrected chi connectivity index (χ3v) is 8.91. The number of methoxy groups -OCH3 is 2. The number of benzene rings is 3. The maximum absolute atomic E-state index is 12.5. The average molecular weight is 673 g/mol. The van der Waals surface area contributed by atoms with Crippen LogP contribution in [0.2, 0.25) is 0 Å². The summed E-state index contributed by atoms with van der Waals surface area (Å²) in [6.07, 6.45) is -8.57. The Bertz CT molecular complexity index is 1620. The van der Waals surface area contributed by atoms with E-state index in [9.17, 15) is 40.5 Å². The van der Waals surface area contributed by atoms with Crippen LogP contribution in [0.1, 0.15) is 33.7 Å². The molecule has 3 aliphatic heterocycles. The molecule has 0 aliphatic carbocycles. The van der Waals surface area contributed by atoms with Gasteiger partial charge in [-0.2, -0.15) is 0 Å². The molecule has 15 heteroatoms. The van der Waals surface area contributed by atoms with Gasteiger partial charge in [-0.05, 0) is 47.5 Å². The van der Waals surface area contributed by atoms with Crippen LogP contribution in [0.3, 0.4) is 0 Å². The molecule has 0 radical (unpaired) electrons. The van der Waals surface area contributed by atoms with Crippen molar-refractivity contribution in [1.82, 2.24) is 0 Å². The zero-order valence-corrected chi connectivity index (χ0v) is 25.8. The van der Waals surface area contributed by atoms with Gasteiger partial charge < -0.3 is 68.9 Å². The van der Waals surface area contributed by atoms with Gasteiger partial charge in [0.2, 0.25) is 6.29 Å². The smallest absolute Gasteiger partial charge is 0.338 e. The van der Waals surface area contributed by atoms with E-state index in [1.807, 2.05) is 0 Å². The van der Waals surface area contributed by atoms with E-state index in [0.717, 1.165) is 23.3 Å². The summed E-state index contributed by atoms with van der Waals surface area (Å²) in [6, 6.07) is 12.0. The van der Waals surface area contributed by atoms with E-state index in [1.54, 1.807) is 36.4 Å². The van der Waals surface area contributed by atoms with Gasteiger partial charge in [0.1, 0.15) is 31.0 Å². The molecule has 0 unspecified atom stereocenters. The second-order valence-corrected chi connectivity index (χ2v) is 11.8. The second kappa shape index (κ2) is 13.5. The molecule has 0 spiro atoms. The van der Waals surface area contributed by atoms with Crippen molar-refractivity contribution in [2.24, 2.45) is 11.8 Å². The SMILES string of the molecule is COc1cc([C@H]2OC[C@H]3[C@@H]2CO[C@@H]3c2ccc(O[C@@H]3O[C@H](COC(=O)c4cc(O)c(O)c(O)c4)[C@@H](O)[C@H](O)[C@H]3O)c(OC)c2)ccc1O. The molecule has 48 heavy (non-hydrogen) atoms. The van der Waals surface area contributed by atoms with E-state index in [2.05, 4.69) is 0 Å². The lowest BCUT2D eigenvalue weighted by Crippen LogP contribution is -2.60.